The average Bonchev–Trinajstić information content (AvgIpc) is 2.90. The molecule has 0 amide bonds. The van der Waals surface area contributed by atoms with Gasteiger partial charge < -0.3 is 15.4 Å². The highest BCUT2D eigenvalue weighted by Crippen LogP contribution is 2.17. The van der Waals surface area contributed by atoms with Crippen LogP contribution in [0.3, 0.4) is 0 Å². The van der Waals surface area contributed by atoms with Crippen molar-refractivity contribution in [2.45, 2.75) is 13.0 Å². The monoisotopic (exact) mass is 267 g/mol. The number of aromatic amines is 1. The molecule has 0 atom stereocenters. The Hall–Kier alpha value is -2.33. The van der Waals surface area contributed by atoms with E-state index in [1.54, 1.807) is 6.20 Å². The van der Waals surface area contributed by atoms with E-state index in [0.29, 0.717) is 6.42 Å². The fraction of sp³-hybridized carbons (Fsp3) is 0.188. The number of aliphatic hydroxyl groups excluding tert-OH is 1. The molecule has 2 aromatic heterocycles. The molecule has 4 nitrogen and oxygen atoms in total. The van der Waals surface area contributed by atoms with Gasteiger partial charge >= 0.3 is 0 Å². The van der Waals surface area contributed by atoms with Crippen molar-refractivity contribution in [2.24, 2.45) is 0 Å². The number of nitrogens with zero attached hydrogens (tertiary/aromatic N) is 1. The summed E-state index contributed by atoms with van der Waals surface area (Å²) in [6, 6.07) is 12.2. The van der Waals surface area contributed by atoms with Gasteiger partial charge in [-0.05, 0) is 41.8 Å². The third kappa shape index (κ3) is 2.65. The van der Waals surface area contributed by atoms with Crippen LogP contribution in [0.1, 0.15) is 11.1 Å². The molecule has 0 fully saturated rings. The van der Waals surface area contributed by atoms with Gasteiger partial charge in [0.25, 0.3) is 0 Å². The van der Waals surface area contributed by atoms with Crippen molar-refractivity contribution in [2.75, 3.05) is 11.9 Å². The summed E-state index contributed by atoms with van der Waals surface area (Å²) in [7, 11) is 0. The zero-order valence-corrected chi connectivity index (χ0v) is 11.1. The van der Waals surface area contributed by atoms with Crippen molar-refractivity contribution in [3.05, 3.63) is 59.9 Å². The molecular weight excluding hydrogens is 250 g/mol. The minimum atomic E-state index is 0.190. The first-order valence-electron chi connectivity index (χ1n) is 6.71. The van der Waals surface area contributed by atoms with Gasteiger partial charge in [-0.25, -0.2) is 4.98 Å². The third-order valence-electron chi connectivity index (χ3n) is 3.37. The van der Waals surface area contributed by atoms with Gasteiger partial charge in [0, 0.05) is 36.6 Å². The first-order chi connectivity index (χ1) is 9.86. The molecule has 3 aromatic rings. The summed E-state index contributed by atoms with van der Waals surface area (Å²) in [5.74, 6) is 0. The van der Waals surface area contributed by atoms with E-state index in [9.17, 15) is 0 Å². The summed E-state index contributed by atoms with van der Waals surface area (Å²) in [6.07, 6.45) is 4.48. The zero-order valence-electron chi connectivity index (χ0n) is 11.1. The Balaban J connectivity index is 1.69. The maximum atomic E-state index is 8.89. The number of pyridine rings is 1. The van der Waals surface area contributed by atoms with Gasteiger partial charge in [-0.15, -0.1) is 0 Å². The summed E-state index contributed by atoms with van der Waals surface area (Å²) in [4.78, 5) is 7.45. The lowest BCUT2D eigenvalue weighted by atomic mass is 10.1. The Morgan fingerprint density at radius 3 is 2.80 bits per heavy atom. The highest BCUT2D eigenvalue weighted by atomic mass is 16.2. The van der Waals surface area contributed by atoms with Gasteiger partial charge in [-0.3, -0.25) is 0 Å². The molecule has 0 radical (unpaired) electrons. The van der Waals surface area contributed by atoms with Crippen molar-refractivity contribution in [3.63, 3.8) is 0 Å². The Morgan fingerprint density at radius 2 is 2.00 bits per heavy atom. The molecule has 1 aromatic carbocycles. The second-order valence-corrected chi connectivity index (χ2v) is 4.74. The molecule has 0 unspecified atom stereocenters. The Kier molecular flexibility index (Phi) is 3.65. The van der Waals surface area contributed by atoms with Gasteiger partial charge in [0.05, 0.1) is 0 Å². The fourth-order valence-corrected chi connectivity index (χ4v) is 2.27. The summed E-state index contributed by atoms with van der Waals surface area (Å²) >= 11 is 0. The van der Waals surface area contributed by atoms with Crippen LogP contribution in [0.15, 0.2) is 48.8 Å². The molecular formula is C16H17N3O. The second kappa shape index (κ2) is 5.75. The number of hydrogen-bond donors (Lipinski definition) is 3. The molecule has 4 heteroatoms. The number of rotatable bonds is 5. The molecule has 0 aliphatic heterocycles. The van der Waals surface area contributed by atoms with Crippen molar-refractivity contribution in [3.8, 4) is 0 Å². The van der Waals surface area contributed by atoms with Crippen molar-refractivity contribution >= 4 is 16.7 Å². The van der Waals surface area contributed by atoms with E-state index in [1.807, 2.05) is 36.5 Å². The van der Waals surface area contributed by atoms with E-state index in [4.69, 9.17) is 5.11 Å². The fourth-order valence-electron chi connectivity index (χ4n) is 2.27. The summed E-state index contributed by atoms with van der Waals surface area (Å²) < 4.78 is 0. The number of H-pyrrole nitrogens is 1. The quantitative estimate of drug-likeness (QED) is 0.666. The molecule has 0 aliphatic rings. The van der Waals surface area contributed by atoms with Gasteiger partial charge in [-0.2, -0.15) is 0 Å². The molecule has 20 heavy (non-hydrogen) atoms. The van der Waals surface area contributed by atoms with Crippen LogP contribution >= 0.6 is 0 Å². The van der Waals surface area contributed by atoms with Crippen molar-refractivity contribution in [1.29, 1.82) is 0 Å². The molecule has 102 valence electrons. The van der Waals surface area contributed by atoms with Gasteiger partial charge in [0.15, 0.2) is 0 Å². The first-order valence-corrected chi connectivity index (χ1v) is 6.71. The summed E-state index contributed by atoms with van der Waals surface area (Å²) in [5.41, 5.74) is 4.34. The van der Waals surface area contributed by atoms with Gasteiger partial charge in [0.1, 0.15) is 5.65 Å². The Morgan fingerprint density at radius 1 is 1.15 bits per heavy atom. The minimum absolute atomic E-state index is 0.190. The lowest BCUT2D eigenvalue weighted by Gasteiger charge is -2.06. The molecule has 0 spiro atoms. The number of aromatic nitrogens is 2. The van der Waals surface area contributed by atoms with Crippen molar-refractivity contribution in [1.82, 2.24) is 9.97 Å². The maximum absolute atomic E-state index is 8.89. The SMILES string of the molecule is OCCc1ccc(NCc2c[nH]c3ncccc23)cc1. The van der Waals surface area contributed by atoms with E-state index in [0.717, 1.165) is 28.8 Å². The predicted octanol–water partition coefficient (Wildman–Crippen LogP) is 2.71. The average molecular weight is 267 g/mol. The van der Waals surface area contributed by atoms with E-state index >= 15 is 0 Å². The van der Waals surface area contributed by atoms with E-state index < -0.39 is 0 Å². The number of fused-ring (bicyclic) bond motifs is 1. The highest BCUT2D eigenvalue weighted by Gasteiger charge is 2.03. The standard InChI is InChI=1S/C16H17N3O/c20-9-7-12-3-5-14(6-4-12)18-10-13-11-19-16-15(13)2-1-8-17-16/h1-6,8,11,18,20H,7,9-10H2,(H,17,19). The molecule has 2 heterocycles. The molecule has 0 saturated heterocycles. The lowest BCUT2D eigenvalue weighted by molar-refractivity contribution is 0.299. The highest BCUT2D eigenvalue weighted by molar-refractivity contribution is 5.79. The molecule has 3 rings (SSSR count). The van der Waals surface area contributed by atoms with Crippen LogP contribution in [0.2, 0.25) is 0 Å². The van der Waals surface area contributed by atoms with Crippen LogP contribution in [0.4, 0.5) is 5.69 Å². The first kappa shape index (κ1) is 12.7. The molecule has 0 saturated carbocycles. The number of hydrogen-bond acceptors (Lipinski definition) is 3. The number of benzene rings is 1. The summed E-state index contributed by atoms with van der Waals surface area (Å²) in [5, 5.41) is 13.4. The Bertz CT molecular complexity index is 688. The van der Waals surface area contributed by atoms with E-state index in [-0.39, 0.29) is 6.61 Å². The smallest absolute Gasteiger partial charge is 0.137 e. The van der Waals surface area contributed by atoms with Crippen LogP contribution in [0.5, 0.6) is 0 Å². The zero-order chi connectivity index (χ0) is 13.8. The molecule has 0 bridgehead atoms. The maximum Gasteiger partial charge on any atom is 0.137 e. The normalized spacial score (nSPS) is 10.8. The lowest BCUT2D eigenvalue weighted by Crippen LogP contribution is -1.99. The summed E-state index contributed by atoms with van der Waals surface area (Å²) in [6.45, 7) is 0.945. The largest absolute Gasteiger partial charge is 0.396 e. The van der Waals surface area contributed by atoms with Gasteiger partial charge in [-0.1, -0.05) is 12.1 Å². The third-order valence-corrected chi connectivity index (χ3v) is 3.37. The van der Waals surface area contributed by atoms with Crippen LogP contribution < -0.4 is 5.32 Å². The van der Waals surface area contributed by atoms with Crippen LogP contribution in [0.25, 0.3) is 11.0 Å². The van der Waals surface area contributed by atoms with Crippen molar-refractivity contribution < 1.29 is 5.11 Å². The molecule has 3 N–H and O–H groups in total. The predicted molar refractivity (Wildman–Crippen MR) is 80.7 cm³/mol. The van der Waals surface area contributed by atoms with Crippen LogP contribution in [-0.4, -0.2) is 21.7 Å². The number of anilines is 1. The van der Waals surface area contributed by atoms with Crippen LogP contribution in [0, 0.1) is 0 Å². The Labute approximate surface area is 117 Å². The van der Waals surface area contributed by atoms with E-state index in [2.05, 4.69) is 21.4 Å². The second-order valence-electron chi connectivity index (χ2n) is 4.74. The molecule has 0 aliphatic carbocycles. The topological polar surface area (TPSA) is 60.9 Å². The van der Waals surface area contributed by atoms with E-state index in [1.165, 1.54) is 5.56 Å². The van der Waals surface area contributed by atoms with Gasteiger partial charge in [0.2, 0.25) is 0 Å². The minimum Gasteiger partial charge on any atom is -0.396 e. The number of aliphatic hydroxyl groups is 1. The van der Waals surface area contributed by atoms with Crippen LogP contribution in [-0.2, 0) is 13.0 Å². The number of nitrogens with one attached hydrogen (secondary N) is 2.